The van der Waals surface area contributed by atoms with Gasteiger partial charge in [0.1, 0.15) is 0 Å². The molecule has 18 heavy (non-hydrogen) atoms. The highest BCUT2D eigenvalue weighted by atomic mass is 15.4. The van der Waals surface area contributed by atoms with Crippen LogP contribution in [0.5, 0.6) is 0 Å². The summed E-state index contributed by atoms with van der Waals surface area (Å²) in [6, 6.07) is 0. The topological polar surface area (TPSA) is 25.0 Å². The van der Waals surface area contributed by atoms with E-state index in [4.69, 9.17) is 0 Å². The van der Waals surface area contributed by atoms with Gasteiger partial charge in [0.2, 0.25) is 0 Å². The molecule has 0 aromatic carbocycles. The normalized spacial score (nSPS) is 19.0. The maximum atomic E-state index is 3.49. The predicted octanol–water partition coefficient (Wildman–Crippen LogP) is -0.0305. The number of nitrogens with one attached hydrogen (secondary N) is 1. The molecule has 0 unspecified atom stereocenters. The highest BCUT2D eigenvalue weighted by Crippen LogP contribution is 2.01. The highest BCUT2D eigenvalue weighted by Gasteiger charge is 2.15. The van der Waals surface area contributed by atoms with Crippen molar-refractivity contribution >= 4 is 0 Å². The molecular formula is C13H31N5. The number of hydrogen-bond acceptors (Lipinski definition) is 5. The summed E-state index contributed by atoms with van der Waals surface area (Å²) in [6.45, 7) is 7.93. The van der Waals surface area contributed by atoms with Crippen LogP contribution in [0.2, 0.25) is 0 Å². The number of hydrogen-bond donors (Lipinski definition) is 1. The highest BCUT2D eigenvalue weighted by molar-refractivity contribution is 4.66. The van der Waals surface area contributed by atoms with E-state index in [-0.39, 0.29) is 0 Å². The zero-order chi connectivity index (χ0) is 13.4. The summed E-state index contributed by atoms with van der Waals surface area (Å²) in [5.41, 5.74) is 0. The summed E-state index contributed by atoms with van der Waals surface area (Å²) >= 11 is 0. The molecule has 0 amide bonds. The minimum Gasteiger partial charge on any atom is -0.309 e. The Morgan fingerprint density at radius 3 is 1.67 bits per heavy atom. The molecule has 1 aliphatic rings. The molecule has 0 radical (unpaired) electrons. The lowest BCUT2D eigenvalue weighted by Crippen LogP contribution is -2.53. The standard InChI is InChI=1S/C13H31N5/c1-15(2)7-5-9-17-11-14-12-18(13-17)10-6-8-16(3)4/h14H,5-13H2,1-4H3. The van der Waals surface area contributed by atoms with Crippen LogP contribution in [0.1, 0.15) is 12.8 Å². The summed E-state index contributed by atoms with van der Waals surface area (Å²) in [6.07, 6.45) is 2.50. The fourth-order valence-corrected chi connectivity index (χ4v) is 2.27. The van der Waals surface area contributed by atoms with Crippen LogP contribution in [0.3, 0.4) is 0 Å². The predicted molar refractivity (Wildman–Crippen MR) is 77.5 cm³/mol. The second kappa shape index (κ2) is 8.82. The van der Waals surface area contributed by atoms with Crippen molar-refractivity contribution in [3.8, 4) is 0 Å². The Balaban J connectivity index is 2.11. The monoisotopic (exact) mass is 257 g/mol. The van der Waals surface area contributed by atoms with Gasteiger partial charge in [0, 0.05) is 13.1 Å². The van der Waals surface area contributed by atoms with Gasteiger partial charge in [0.05, 0.1) is 20.0 Å². The van der Waals surface area contributed by atoms with E-state index in [0.29, 0.717) is 0 Å². The molecule has 1 fully saturated rings. The fourth-order valence-electron chi connectivity index (χ4n) is 2.27. The first-order valence-electron chi connectivity index (χ1n) is 7.03. The van der Waals surface area contributed by atoms with E-state index in [1.165, 1.54) is 39.0 Å². The lowest BCUT2D eigenvalue weighted by atomic mass is 10.3. The van der Waals surface area contributed by atoms with E-state index in [0.717, 1.165) is 20.0 Å². The Morgan fingerprint density at radius 2 is 1.28 bits per heavy atom. The SMILES string of the molecule is CN(C)CCCN1CNCN(CCCN(C)C)C1. The maximum Gasteiger partial charge on any atom is 0.0529 e. The summed E-state index contributed by atoms with van der Waals surface area (Å²) in [5, 5.41) is 3.49. The number of nitrogens with zero attached hydrogens (tertiary/aromatic N) is 4. The van der Waals surface area contributed by atoms with Gasteiger partial charge in [-0.15, -0.1) is 0 Å². The Labute approximate surface area is 113 Å². The Bertz CT molecular complexity index is 188. The first-order chi connectivity index (χ1) is 8.58. The zero-order valence-corrected chi connectivity index (χ0v) is 12.7. The molecule has 108 valence electrons. The van der Waals surface area contributed by atoms with Crippen molar-refractivity contribution in [2.75, 3.05) is 74.4 Å². The molecule has 1 saturated heterocycles. The van der Waals surface area contributed by atoms with E-state index < -0.39 is 0 Å². The van der Waals surface area contributed by atoms with Crippen molar-refractivity contribution in [2.45, 2.75) is 12.8 Å². The van der Waals surface area contributed by atoms with Gasteiger partial charge in [-0.1, -0.05) is 0 Å². The number of rotatable bonds is 8. The van der Waals surface area contributed by atoms with Crippen molar-refractivity contribution in [1.29, 1.82) is 0 Å². The first kappa shape index (κ1) is 15.9. The van der Waals surface area contributed by atoms with Gasteiger partial charge < -0.3 is 9.80 Å². The molecule has 0 atom stereocenters. The third-order valence-electron chi connectivity index (χ3n) is 3.23. The van der Waals surface area contributed by atoms with E-state index in [2.05, 4.69) is 53.1 Å². The second-order valence-corrected chi connectivity index (χ2v) is 5.81. The quantitative estimate of drug-likeness (QED) is 0.658. The fraction of sp³-hybridized carbons (Fsp3) is 1.00. The maximum absolute atomic E-state index is 3.49. The van der Waals surface area contributed by atoms with Crippen LogP contribution in [0.4, 0.5) is 0 Å². The molecule has 5 nitrogen and oxygen atoms in total. The summed E-state index contributed by atoms with van der Waals surface area (Å²) in [7, 11) is 8.56. The molecule has 0 aromatic heterocycles. The molecule has 0 spiro atoms. The van der Waals surface area contributed by atoms with Gasteiger partial charge in [-0.2, -0.15) is 0 Å². The average molecular weight is 257 g/mol. The zero-order valence-electron chi connectivity index (χ0n) is 12.7. The van der Waals surface area contributed by atoms with Gasteiger partial charge in [0.25, 0.3) is 0 Å². The largest absolute Gasteiger partial charge is 0.309 e. The summed E-state index contributed by atoms with van der Waals surface area (Å²) in [5.74, 6) is 0. The van der Waals surface area contributed by atoms with Crippen LogP contribution in [-0.2, 0) is 0 Å². The van der Waals surface area contributed by atoms with E-state index in [9.17, 15) is 0 Å². The van der Waals surface area contributed by atoms with Crippen LogP contribution in [-0.4, -0.2) is 94.0 Å². The average Bonchev–Trinajstić information content (AvgIpc) is 2.28. The minimum atomic E-state index is 1.04. The van der Waals surface area contributed by atoms with Crippen LogP contribution >= 0.6 is 0 Å². The van der Waals surface area contributed by atoms with Crippen LogP contribution in [0.15, 0.2) is 0 Å². The van der Waals surface area contributed by atoms with Crippen LogP contribution in [0, 0.1) is 0 Å². The molecule has 1 rings (SSSR count). The third-order valence-corrected chi connectivity index (χ3v) is 3.23. The van der Waals surface area contributed by atoms with Crippen LogP contribution < -0.4 is 5.32 Å². The second-order valence-electron chi connectivity index (χ2n) is 5.81. The van der Waals surface area contributed by atoms with E-state index >= 15 is 0 Å². The molecule has 1 N–H and O–H groups in total. The first-order valence-corrected chi connectivity index (χ1v) is 7.03. The Kier molecular flexibility index (Phi) is 7.77. The molecular weight excluding hydrogens is 226 g/mol. The van der Waals surface area contributed by atoms with E-state index in [1.807, 2.05) is 0 Å². The Morgan fingerprint density at radius 1 is 0.833 bits per heavy atom. The van der Waals surface area contributed by atoms with Gasteiger partial charge in [0.15, 0.2) is 0 Å². The van der Waals surface area contributed by atoms with E-state index in [1.54, 1.807) is 0 Å². The smallest absolute Gasteiger partial charge is 0.0529 e. The molecule has 1 aliphatic heterocycles. The molecule has 0 aliphatic carbocycles. The van der Waals surface area contributed by atoms with Gasteiger partial charge in [-0.3, -0.25) is 15.1 Å². The molecule has 1 heterocycles. The summed E-state index contributed by atoms with van der Waals surface area (Å²) in [4.78, 5) is 9.52. The summed E-state index contributed by atoms with van der Waals surface area (Å²) < 4.78 is 0. The Hall–Kier alpha value is -0.200. The van der Waals surface area contributed by atoms with Crippen molar-refractivity contribution in [1.82, 2.24) is 24.9 Å². The molecule has 0 aromatic rings. The van der Waals surface area contributed by atoms with Crippen molar-refractivity contribution < 1.29 is 0 Å². The molecule has 5 heteroatoms. The van der Waals surface area contributed by atoms with Gasteiger partial charge >= 0.3 is 0 Å². The minimum absolute atomic E-state index is 1.04. The van der Waals surface area contributed by atoms with Gasteiger partial charge in [-0.25, -0.2) is 0 Å². The van der Waals surface area contributed by atoms with Crippen molar-refractivity contribution in [2.24, 2.45) is 0 Å². The van der Waals surface area contributed by atoms with Crippen LogP contribution in [0.25, 0.3) is 0 Å². The van der Waals surface area contributed by atoms with Crippen molar-refractivity contribution in [3.05, 3.63) is 0 Å². The van der Waals surface area contributed by atoms with Crippen molar-refractivity contribution in [3.63, 3.8) is 0 Å². The molecule has 0 saturated carbocycles. The van der Waals surface area contributed by atoms with Gasteiger partial charge in [-0.05, 0) is 54.1 Å². The third kappa shape index (κ3) is 7.28. The molecule has 0 bridgehead atoms. The lowest BCUT2D eigenvalue weighted by molar-refractivity contribution is 0.0612. The lowest BCUT2D eigenvalue weighted by Gasteiger charge is -2.36.